The molecule has 0 aliphatic rings. The SMILES string of the molecule is COCC(COC)Nc1cc(N(C)CCCN(C)C)ccc1C(=O)Nc1n[nH]c2ccc(S(=O)(=O)c3cc(F)cc(F)c3)cc12. The number of methoxy groups -OCH3 is 2. The zero-order chi connectivity index (χ0) is 32.7. The number of ether oxygens (including phenoxy) is 2. The molecule has 0 spiro atoms. The Labute approximate surface area is 261 Å². The van der Waals surface area contributed by atoms with Gasteiger partial charge in [0.15, 0.2) is 5.82 Å². The van der Waals surface area contributed by atoms with Crippen molar-refractivity contribution in [1.82, 2.24) is 15.1 Å². The molecule has 0 radical (unpaired) electrons. The summed E-state index contributed by atoms with van der Waals surface area (Å²) in [6.45, 7) is 2.39. The molecule has 0 atom stereocenters. The molecule has 1 heterocycles. The molecule has 1 aromatic heterocycles. The highest BCUT2D eigenvalue weighted by atomic mass is 32.2. The zero-order valence-corrected chi connectivity index (χ0v) is 26.7. The first-order valence-electron chi connectivity index (χ1n) is 14.2. The zero-order valence-electron chi connectivity index (χ0n) is 25.9. The molecule has 0 saturated heterocycles. The maximum atomic E-state index is 13.8. The highest BCUT2D eigenvalue weighted by molar-refractivity contribution is 7.91. The van der Waals surface area contributed by atoms with E-state index in [-0.39, 0.29) is 16.8 Å². The molecule has 45 heavy (non-hydrogen) atoms. The van der Waals surface area contributed by atoms with Crippen LogP contribution < -0.4 is 15.5 Å². The summed E-state index contributed by atoms with van der Waals surface area (Å²) in [5.74, 6) is -2.45. The number of fused-ring (bicyclic) bond motifs is 1. The number of nitrogens with zero attached hydrogens (tertiary/aromatic N) is 3. The molecule has 0 aliphatic heterocycles. The summed E-state index contributed by atoms with van der Waals surface area (Å²) in [4.78, 5) is 17.2. The van der Waals surface area contributed by atoms with Gasteiger partial charge in [-0.2, -0.15) is 5.10 Å². The number of nitrogens with one attached hydrogen (secondary N) is 3. The summed E-state index contributed by atoms with van der Waals surface area (Å²) in [6, 6.07) is 11.3. The van der Waals surface area contributed by atoms with E-state index in [1.165, 1.54) is 18.2 Å². The summed E-state index contributed by atoms with van der Waals surface area (Å²) >= 11 is 0. The highest BCUT2D eigenvalue weighted by Gasteiger charge is 2.23. The summed E-state index contributed by atoms with van der Waals surface area (Å²) < 4.78 is 64.7. The molecule has 3 aromatic carbocycles. The first-order valence-corrected chi connectivity index (χ1v) is 15.7. The van der Waals surface area contributed by atoms with Crippen LogP contribution in [0.25, 0.3) is 10.9 Å². The van der Waals surface area contributed by atoms with Crippen LogP contribution in [0.3, 0.4) is 0 Å². The second-order valence-corrected chi connectivity index (χ2v) is 12.9. The molecule has 14 heteroatoms. The largest absolute Gasteiger partial charge is 0.382 e. The van der Waals surface area contributed by atoms with Crippen LogP contribution in [0.2, 0.25) is 0 Å². The van der Waals surface area contributed by atoms with Crippen molar-refractivity contribution in [3.05, 3.63) is 71.8 Å². The number of carbonyl (C=O) groups excluding carboxylic acids is 1. The van der Waals surface area contributed by atoms with E-state index in [9.17, 15) is 22.0 Å². The van der Waals surface area contributed by atoms with Crippen molar-refractivity contribution in [2.24, 2.45) is 0 Å². The number of hydrogen-bond donors (Lipinski definition) is 3. The van der Waals surface area contributed by atoms with E-state index in [0.717, 1.165) is 37.3 Å². The second kappa shape index (κ2) is 14.8. The van der Waals surface area contributed by atoms with E-state index in [1.807, 2.05) is 33.3 Å². The quantitative estimate of drug-likeness (QED) is 0.173. The molecular weight excluding hydrogens is 606 g/mol. The molecule has 0 fully saturated rings. The third-order valence-electron chi connectivity index (χ3n) is 7.11. The van der Waals surface area contributed by atoms with Crippen molar-refractivity contribution in [3.63, 3.8) is 0 Å². The predicted molar refractivity (Wildman–Crippen MR) is 170 cm³/mol. The lowest BCUT2D eigenvalue weighted by molar-refractivity contribution is 0.102. The maximum absolute atomic E-state index is 13.8. The Morgan fingerprint density at radius 2 is 1.62 bits per heavy atom. The fourth-order valence-corrected chi connectivity index (χ4v) is 6.17. The summed E-state index contributed by atoms with van der Waals surface area (Å²) in [5, 5.41) is 13.4. The van der Waals surface area contributed by atoms with Crippen molar-refractivity contribution in [2.45, 2.75) is 22.3 Å². The van der Waals surface area contributed by atoms with Crippen LogP contribution in [-0.2, 0) is 19.3 Å². The summed E-state index contributed by atoms with van der Waals surface area (Å²) in [5.41, 5.74) is 2.20. The van der Waals surface area contributed by atoms with Crippen LogP contribution in [0, 0.1) is 11.6 Å². The Morgan fingerprint density at radius 3 is 2.27 bits per heavy atom. The van der Waals surface area contributed by atoms with E-state index >= 15 is 0 Å². The van der Waals surface area contributed by atoms with Gasteiger partial charge in [0, 0.05) is 50.6 Å². The number of halogens is 2. The highest BCUT2D eigenvalue weighted by Crippen LogP contribution is 2.30. The molecule has 3 N–H and O–H groups in total. The minimum absolute atomic E-state index is 0.0821. The van der Waals surface area contributed by atoms with E-state index < -0.39 is 32.3 Å². The number of H-pyrrole nitrogens is 1. The Hall–Kier alpha value is -4.11. The number of sulfone groups is 1. The van der Waals surface area contributed by atoms with Crippen molar-refractivity contribution >= 4 is 43.8 Å². The lowest BCUT2D eigenvalue weighted by Gasteiger charge is -2.24. The number of rotatable bonds is 15. The molecule has 11 nitrogen and oxygen atoms in total. The van der Waals surface area contributed by atoms with Gasteiger partial charge in [0.1, 0.15) is 11.6 Å². The molecule has 0 bridgehead atoms. The van der Waals surface area contributed by atoms with Gasteiger partial charge in [-0.1, -0.05) is 0 Å². The molecule has 0 aliphatic carbocycles. The average molecular weight is 645 g/mol. The third kappa shape index (κ3) is 8.34. The van der Waals surface area contributed by atoms with Gasteiger partial charge >= 0.3 is 0 Å². The maximum Gasteiger partial charge on any atom is 0.258 e. The van der Waals surface area contributed by atoms with Crippen LogP contribution in [0.5, 0.6) is 0 Å². The van der Waals surface area contributed by atoms with Crippen LogP contribution >= 0.6 is 0 Å². The minimum atomic E-state index is -4.28. The molecule has 242 valence electrons. The Kier molecular flexibility index (Phi) is 11.1. The number of amides is 1. The molecule has 0 unspecified atom stereocenters. The molecule has 4 aromatic rings. The molecular formula is C31H38F2N6O5S. The van der Waals surface area contributed by atoms with Gasteiger partial charge in [-0.05, 0) is 75.6 Å². The first-order chi connectivity index (χ1) is 21.4. The normalized spacial score (nSPS) is 11.8. The van der Waals surface area contributed by atoms with E-state index in [1.54, 1.807) is 20.3 Å². The van der Waals surface area contributed by atoms with Gasteiger partial charge in [-0.3, -0.25) is 9.89 Å². The number of aromatic nitrogens is 2. The van der Waals surface area contributed by atoms with Gasteiger partial charge in [-0.25, -0.2) is 17.2 Å². The Bertz CT molecular complexity index is 1720. The van der Waals surface area contributed by atoms with E-state index in [4.69, 9.17) is 9.47 Å². The van der Waals surface area contributed by atoms with Gasteiger partial charge in [-0.15, -0.1) is 0 Å². The van der Waals surface area contributed by atoms with Crippen molar-refractivity contribution < 1.29 is 31.5 Å². The van der Waals surface area contributed by atoms with Gasteiger partial charge in [0.25, 0.3) is 5.91 Å². The van der Waals surface area contributed by atoms with Crippen LogP contribution in [0.15, 0.2) is 64.4 Å². The van der Waals surface area contributed by atoms with Crippen molar-refractivity contribution in [2.75, 3.05) is 77.2 Å². The number of benzene rings is 3. The third-order valence-corrected chi connectivity index (χ3v) is 8.84. The van der Waals surface area contributed by atoms with Crippen LogP contribution in [-0.4, -0.2) is 97.1 Å². The predicted octanol–water partition coefficient (Wildman–Crippen LogP) is 4.39. The lowest BCUT2D eigenvalue weighted by Crippen LogP contribution is -2.31. The lowest BCUT2D eigenvalue weighted by atomic mass is 10.1. The molecule has 1 amide bonds. The van der Waals surface area contributed by atoms with E-state index in [0.29, 0.717) is 41.4 Å². The fourth-order valence-electron chi connectivity index (χ4n) is 4.84. The standard InChI is InChI=1S/C31H38F2N6O5S/c1-38(2)11-6-12-39(3)23-7-9-26(29(16-23)34-22(18-43-4)19-44-5)31(40)35-30-27-17-24(8-10-28(27)36-37-30)45(41,42)25-14-20(32)13-21(33)15-25/h7-10,13-17,22,34H,6,11-12,18-19H2,1-5H3,(H2,35,36,37,40). The fraction of sp³-hybridized carbons (Fsp3) is 0.355. The number of aromatic amines is 1. The Morgan fingerprint density at radius 1 is 0.933 bits per heavy atom. The van der Waals surface area contributed by atoms with Gasteiger partial charge in [0.05, 0.1) is 40.1 Å². The summed E-state index contributed by atoms with van der Waals surface area (Å²) in [7, 11) is 4.90. The average Bonchev–Trinajstić information content (AvgIpc) is 3.38. The monoisotopic (exact) mass is 644 g/mol. The van der Waals surface area contributed by atoms with Gasteiger partial charge < -0.3 is 29.9 Å². The minimum Gasteiger partial charge on any atom is -0.382 e. The molecule has 4 rings (SSSR count). The van der Waals surface area contributed by atoms with Crippen LogP contribution in [0.4, 0.5) is 26.0 Å². The second-order valence-electron chi connectivity index (χ2n) is 10.9. The Balaban J connectivity index is 1.66. The van der Waals surface area contributed by atoms with Crippen LogP contribution in [0.1, 0.15) is 16.8 Å². The van der Waals surface area contributed by atoms with Gasteiger partial charge in [0.2, 0.25) is 9.84 Å². The van der Waals surface area contributed by atoms with Crippen molar-refractivity contribution in [3.8, 4) is 0 Å². The number of hydrogen-bond acceptors (Lipinski definition) is 9. The van der Waals surface area contributed by atoms with Crippen molar-refractivity contribution in [1.29, 1.82) is 0 Å². The summed E-state index contributed by atoms with van der Waals surface area (Å²) in [6.07, 6.45) is 0.947. The number of carbonyl (C=O) groups is 1. The molecule has 0 saturated carbocycles. The van der Waals surface area contributed by atoms with E-state index in [2.05, 4.69) is 30.6 Å². The topological polar surface area (TPSA) is 129 Å². The first kappa shape index (κ1) is 33.8. The number of anilines is 3. The smallest absolute Gasteiger partial charge is 0.258 e.